The molecule has 2 rings (SSSR count). The van der Waals surface area contributed by atoms with Crippen LogP contribution in [0.25, 0.3) is 0 Å². The minimum absolute atomic E-state index is 0.0208. The number of carbonyl (C=O) groups excluding carboxylic acids is 1. The van der Waals surface area contributed by atoms with Gasteiger partial charge in [0.05, 0.1) is 4.92 Å². The second-order valence-corrected chi connectivity index (χ2v) is 5.65. The Morgan fingerprint density at radius 2 is 1.92 bits per heavy atom. The first-order valence-electron chi connectivity index (χ1n) is 7.86. The fourth-order valence-corrected chi connectivity index (χ4v) is 2.37. The largest absolute Gasteiger partial charge is 0.326 e. The monoisotopic (exact) mass is 327 g/mol. The van der Waals surface area contributed by atoms with Gasteiger partial charge < -0.3 is 10.6 Å². The highest BCUT2D eigenvalue weighted by Gasteiger charge is 2.11. The summed E-state index contributed by atoms with van der Waals surface area (Å²) < 4.78 is 0. The summed E-state index contributed by atoms with van der Waals surface area (Å²) >= 11 is 0. The van der Waals surface area contributed by atoms with Crippen molar-refractivity contribution in [2.45, 2.75) is 25.8 Å². The van der Waals surface area contributed by atoms with Crippen LogP contribution in [0.2, 0.25) is 0 Å². The van der Waals surface area contributed by atoms with Crippen molar-refractivity contribution in [2.24, 2.45) is 0 Å². The van der Waals surface area contributed by atoms with Gasteiger partial charge in [-0.15, -0.1) is 0 Å². The van der Waals surface area contributed by atoms with Crippen molar-refractivity contribution in [1.82, 2.24) is 5.32 Å². The van der Waals surface area contributed by atoms with Gasteiger partial charge in [0.25, 0.3) is 5.69 Å². The average Bonchev–Trinajstić information content (AvgIpc) is 2.56. The van der Waals surface area contributed by atoms with Crippen LogP contribution in [0.15, 0.2) is 54.6 Å². The van der Waals surface area contributed by atoms with Gasteiger partial charge in [-0.2, -0.15) is 0 Å². The van der Waals surface area contributed by atoms with Crippen LogP contribution < -0.4 is 10.6 Å². The lowest BCUT2D eigenvalue weighted by Crippen LogP contribution is -2.32. The van der Waals surface area contributed by atoms with Crippen LogP contribution in [0.3, 0.4) is 0 Å². The summed E-state index contributed by atoms with van der Waals surface area (Å²) in [6, 6.07) is 16.1. The van der Waals surface area contributed by atoms with E-state index in [1.54, 1.807) is 12.1 Å². The zero-order chi connectivity index (χ0) is 17.4. The van der Waals surface area contributed by atoms with Crippen molar-refractivity contribution in [3.05, 3.63) is 70.3 Å². The first-order chi connectivity index (χ1) is 11.5. The van der Waals surface area contributed by atoms with Crippen molar-refractivity contribution >= 4 is 17.3 Å². The molecule has 0 radical (unpaired) electrons. The van der Waals surface area contributed by atoms with Crippen LogP contribution in [-0.4, -0.2) is 23.4 Å². The third-order valence-electron chi connectivity index (χ3n) is 3.58. The van der Waals surface area contributed by atoms with E-state index in [1.807, 2.05) is 25.1 Å². The minimum Gasteiger partial charge on any atom is -0.326 e. The summed E-state index contributed by atoms with van der Waals surface area (Å²) in [5.74, 6) is -0.171. The molecule has 1 atom stereocenters. The predicted octanol–water partition coefficient (Wildman–Crippen LogP) is 3.14. The van der Waals surface area contributed by atoms with E-state index < -0.39 is 4.92 Å². The molecule has 1 amide bonds. The quantitative estimate of drug-likeness (QED) is 0.576. The molecule has 0 bridgehead atoms. The molecule has 1 unspecified atom stereocenters. The molecule has 2 aromatic carbocycles. The van der Waals surface area contributed by atoms with Crippen LogP contribution in [0.4, 0.5) is 11.4 Å². The Kier molecular flexibility index (Phi) is 6.45. The third kappa shape index (κ3) is 5.81. The third-order valence-corrected chi connectivity index (χ3v) is 3.58. The molecule has 24 heavy (non-hydrogen) atoms. The van der Waals surface area contributed by atoms with Crippen LogP contribution in [0.5, 0.6) is 0 Å². The summed E-state index contributed by atoms with van der Waals surface area (Å²) in [6.07, 6.45) is 1.20. The van der Waals surface area contributed by atoms with Gasteiger partial charge in [-0.05, 0) is 31.5 Å². The summed E-state index contributed by atoms with van der Waals surface area (Å²) in [7, 11) is 0. The molecular weight excluding hydrogens is 306 g/mol. The predicted molar refractivity (Wildman–Crippen MR) is 94.0 cm³/mol. The first-order valence-corrected chi connectivity index (χ1v) is 7.86. The second-order valence-electron chi connectivity index (χ2n) is 5.65. The van der Waals surface area contributed by atoms with Gasteiger partial charge in [0, 0.05) is 30.3 Å². The molecule has 2 N–H and O–H groups in total. The number of nitrogens with one attached hydrogen (secondary N) is 2. The Labute approximate surface area is 141 Å². The molecule has 0 saturated carbocycles. The Balaban J connectivity index is 1.75. The van der Waals surface area contributed by atoms with E-state index in [0.29, 0.717) is 12.1 Å². The van der Waals surface area contributed by atoms with E-state index in [9.17, 15) is 14.9 Å². The van der Waals surface area contributed by atoms with Gasteiger partial charge in [0.15, 0.2) is 0 Å². The lowest BCUT2D eigenvalue weighted by atomic mass is 10.1. The van der Waals surface area contributed by atoms with Crippen LogP contribution in [-0.2, 0) is 11.2 Å². The highest BCUT2D eigenvalue weighted by molar-refractivity contribution is 5.91. The summed E-state index contributed by atoms with van der Waals surface area (Å²) in [6.45, 7) is 2.73. The van der Waals surface area contributed by atoms with Crippen LogP contribution >= 0.6 is 0 Å². The van der Waals surface area contributed by atoms with Crippen molar-refractivity contribution in [2.75, 3.05) is 11.9 Å². The number of nitro benzene ring substituents is 1. The maximum Gasteiger partial charge on any atom is 0.271 e. The standard InChI is InChI=1S/C18H21N3O3/c1-14(19-11-10-15-6-3-2-4-7-15)12-18(22)20-16-8-5-9-17(13-16)21(23)24/h2-9,13-14,19H,10-12H2,1H3,(H,20,22). The number of amides is 1. The smallest absolute Gasteiger partial charge is 0.271 e. The fourth-order valence-electron chi connectivity index (χ4n) is 2.37. The number of anilines is 1. The molecule has 0 aromatic heterocycles. The van der Waals surface area contributed by atoms with E-state index in [1.165, 1.54) is 17.7 Å². The Hall–Kier alpha value is -2.73. The molecule has 6 heteroatoms. The zero-order valence-corrected chi connectivity index (χ0v) is 13.6. The summed E-state index contributed by atoms with van der Waals surface area (Å²) in [5, 5.41) is 16.7. The number of non-ortho nitro benzene ring substituents is 1. The highest BCUT2D eigenvalue weighted by Crippen LogP contribution is 2.17. The molecule has 2 aromatic rings. The lowest BCUT2D eigenvalue weighted by Gasteiger charge is -2.13. The molecule has 0 aliphatic rings. The Morgan fingerprint density at radius 3 is 2.62 bits per heavy atom. The van der Waals surface area contributed by atoms with E-state index in [-0.39, 0.29) is 17.6 Å². The van der Waals surface area contributed by atoms with E-state index in [4.69, 9.17) is 0 Å². The minimum atomic E-state index is -0.483. The number of rotatable bonds is 8. The fraction of sp³-hybridized carbons (Fsp3) is 0.278. The molecule has 0 fully saturated rings. The van der Waals surface area contributed by atoms with Crippen LogP contribution in [0, 0.1) is 10.1 Å². The molecule has 0 aliphatic carbocycles. The Morgan fingerprint density at radius 1 is 1.17 bits per heavy atom. The summed E-state index contributed by atoms with van der Waals surface area (Å²) in [5.41, 5.74) is 1.64. The zero-order valence-electron chi connectivity index (χ0n) is 13.6. The second kappa shape index (κ2) is 8.79. The van der Waals surface area contributed by atoms with Gasteiger partial charge >= 0.3 is 0 Å². The van der Waals surface area contributed by atoms with E-state index >= 15 is 0 Å². The van der Waals surface area contributed by atoms with Gasteiger partial charge in [0.2, 0.25) is 5.91 Å². The van der Waals surface area contributed by atoms with E-state index in [2.05, 4.69) is 22.8 Å². The van der Waals surface area contributed by atoms with Crippen molar-refractivity contribution in [3.8, 4) is 0 Å². The average molecular weight is 327 g/mol. The normalized spacial score (nSPS) is 11.7. The summed E-state index contributed by atoms with van der Waals surface area (Å²) in [4.78, 5) is 22.3. The highest BCUT2D eigenvalue weighted by atomic mass is 16.6. The molecule has 0 spiro atoms. The van der Waals surface area contributed by atoms with Crippen molar-refractivity contribution < 1.29 is 9.72 Å². The number of benzene rings is 2. The van der Waals surface area contributed by atoms with Gasteiger partial charge in [0.1, 0.15) is 0 Å². The van der Waals surface area contributed by atoms with Gasteiger partial charge in [-0.1, -0.05) is 36.4 Å². The molecule has 6 nitrogen and oxygen atoms in total. The first kappa shape index (κ1) is 17.6. The lowest BCUT2D eigenvalue weighted by molar-refractivity contribution is -0.384. The van der Waals surface area contributed by atoms with Crippen LogP contribution in [0.1, 0.15) is 18.9 Å². The molecular formula is C18H21N3O3. The van der Waals surface area contributed by atoms with Gasteiger partial charge in [-0.25, -0.2) is 0 Å². The molecule has 126 valence electrons. The molecule has 0 aliphatic heterocycles. The molecule has 0 heterocycles. The van der Waals surface area contributed by atoms with Gasteiger partial charge in [-0.3, -0.25) is 14.9 Å². The maximum absolute atomic E-state index is 12.0. The number of nitrogens with zero attached hydrogens (tertiary/aromatic N) is 1. The van der Waals surface area contributed by atoms with E-state index in [0.717, 1.165) is 13.0 Å². The number of hydrogen-bond acceptors (Lipinski definition) is 4. The van der Waals surface area contributed by atoms with Crippen molar-refractivity contribution in [1.29, 1.82) is 0 Å². The van der Waals surface area contributed by atoms with Crippen molar-refractivity contribution in [3.63, 3.8) is 0 Å². The number of hydrogen-bond donors (Lipinski definition) is 2. The number of carbonyl (C=O) groups is 1. The number of nitro groups is 1. The Bertz CT molecular complexity index is 689. The molecule has 0 saturated heterocycles. The SMILES string of the molecule is CC(CC(=O)Nc1cccc([N+](=O)[O-])c1)NCCc1ccccc1. The maximum atomic E-state index is 12.0. The topological polar surface area (TPSA) is 84.3 Å².